The standard InChI is InChI=1S/C23H28N4O6S2/c28-20-15-26(35(32,33)18-8-4-7-17(14-18)22(30)31)10-11-27(20)19(13-16-5-2-1-3-6-16)21(29)25-23-24-9-12-34-23/h4,7-9,12,14,16,19H,1-3,5-6,10-11,13,15H2,(H,30,31)(H,24,25,29)/t19-/m0/s1. The Morgan fingerprint density at radius 1 is 1.20 bits per heavy atom. The fraction of sp³-hybridized carbons (Fsp3) is 0.478. The van der Waals surface area contributed by atoms with Crippen molar-refractivity contribution in [2.45, 2.75) is 49.5 Å². The molecule has 188 valence electrons. The van der Waals surface area contributed by atoms with Crippen molar-refractivity contribution in [1.82, 2.24) is 14.2 Å². The van der Waals surface area contributed by atoms with Gasteiger partial charge in [0, 0.05) is 24.7 Å². The van der Waals surface area contributed by atoms with Crippen molar-refractivity contribution in [3.8, 4) is 0 Å². The van der Waals surface area contributed by atoms with E-state index in [0.29, 0.717) is 17.5 Å². The smallest absolute Gasteiger partial charge is 0.335 e. The maximum absolute atomic E-state index is 13.2. The molecule has 2 aromatic rings. The first kappa shape index (κ1) is 25.3. The van der Waals surface area contributed by atoms with Crippen LogP contribution in [0.3, 0.4) is 0 Å². The molecular formula is C23H28N4O6S2. The van der Waals surface area contributed by atoms with Crippen molar-refractivity contribution >= 4 is 44.3 Å². The van der Waals surface area contributed by atoms with Gasteiger partial charge in [-0.15, -0.1) is 11.3 Å². The minimum Gasteiger partial charge on any atom is -0.478 e. The van der Waals surface area contributed by atoms with Crippen LogP contribution in [0.2, 0.25) is 0 Å². The summed E-state index contributed by atoms with van der Waals surface area (Å²) in [6.45, 7) is -0.332. The molecule has 35 heavy (non-hydrogen) atoms. The number of carbonyl (C=O) groups excluding carboxylic acids is 2. The molecule has 0 bridgehead atoms. The highest BCUT2D eigenvalue weighted by Crippen LogP contribution is 2.30. The zero-order valence-corrected chi connectivity index (χ0v) is 20.8. The molecule has 0 spiro atoms. The van der Waals surface area contributed by atoms with Crippen LogP contribution in [0.15, 0.2) is 40.7 Å². The number of hydrogen-bond acceptors (Lipinski definition) is 7. The monoisotopic (exact) mass is 520 g/mol. The van der Waals surface area contributed by atoms with Crippen LogP contribution >= 0.6 is 11.3 Å². The minimum atomic E-state index is -4.07. The van der Waals surface area contributed by atoms with Gasteiger partial charge in [-0.1, -0.05) is 38.2 Å². The van der Waals surface area contributed by atoms with Crippen LogP contribution < -0.4 is 5.32 Å². The third kappa shape index (κ3) is 5.88. The number of nitrogens with zero attached hydrogens (tertiary/aromatic N) is 3. The van der Waals surface area contributed by atoms with Crippen molar-refractivity contribution in [2.75, 3.05) is 25.0 Å². The first-order chi connectivity index (χ1) is 16.8. The number of sulfonamides is 1. The number of piperazine rings is 1. The van der Waals surface area contributed by atoms with Gasteiger partial charge < -0.3 is 15.3 Å². The fourth-order valence-electron chi connectivity index (χ4n) is 4.73. The Morgan fingerprint density at radius 2 is 1.97 bits per heavy atom. The number of amides is 2. The van der Waals surface area contributed by atoms with E-state index in [4.69, 9.17) is 0 Å². The summed E-state index contributed by atoms with van der Waals surface area (Å²) in [5, 5.41) is 14.2. The Balaban J connectivity index is 1.51. The Hall–Kier alpha value is -2.83. The van der Waals surface area contributed by atoms with Crippen LogP contribution in [0, 0.1) is 5.92 Å². The number of carboxylic acid groups (broad SMARTS) is 1. The largest absolute Gasteiger partial charge is 0.478 e. The SMILES string of the molecule is O=C(O)c1cccc(S(=O)(=O)N2CCN([C@@H](CC3CCCCC3)C(=O)Nc3nccs3)C(=O)C2)c1. The number of anilines is 1. The van der Waals surface area contributed by atoms with Gasteiger partial charge in [-0.2, -0.15) is 4.31 Å². The number of hydrogen-bond donors (Lipinski definition) is 2. The molecule has 2 heterocycles. The second-order valence-corrected chi connectivity index (χ2v) is 11.7. The lowest BCUT2D eigenvalue weighted by Gasteiger charge is -2.39. The van der Waals surface area contributed by atoms with E-state index < -0.39 is 34.5 Å². The molecule has 1 saturated heterocycles. The van der Waals surface area contributed by atoms with E-state index in [2.05, 4.69) is 10.3 Å². The summed E-state index contributed by atoms with van der Waals surface area (Å²) in [5.74, 6) is -1.68. The molecule has 2 N–H and O–H groups in total. The number of aromatic carboxylic acids is 1. The molecule has 12 heteroatoms. The van der Waals surface area contributed by atoms with Crippen molar-refractivity contribution in [1.29, 1.82) is 0 Å². The van der Waals surface area contributed by atoms with E-state index in [1.54, 1.807) is 11.6 Å². The van der Waals surface area contributed by atoms with Gasteiger partial charge in [-0.05, 0) is 30.5 Å². The molecule has 2 amide bonds. The van der Waals surface area contributed by atoms with Gasteiger partial charge in [0.1, 0.15) is 6.04 Å². The number of carbonyl (C=O) groups is 3. The van der Waals surface area contributed by atoms with Gasteiger partial charge in [0.15, 0.2) is 5.13 Å². The Kier molecular flexibility index (Phi) is 7.82. The van der Waals surface area contributed by atoms with E-state index >= 15 is 0 Å². The van der Waals surface area contributed by atoms with Crippen LogP contribution in [-0.4, -0.2) is 71.2 Å². The first-order valence-electron chi connectivity index (χ1n) is 11.6. The van der Waals surface area contributed by atoms with E-state index in [1.165, 1.54) is 40.9 Å². The number of rotatable bonds is 8. The second kappa shape index (κ2) is 10.8. The van der Waals surface area contributed by atoms with Gasteiger partial charge in [0.05, 0.1) is 17.0 Å². The van der Waals surface area contributed by atoms with Gasteiger partial charge in [-0.25, -0.2) is 18.2 Å². The summed E-state index contributed by atoms with van der Waals surface area (Å²) in [5.41, 5.74) is -0.151. The highest BCUT2D eigenvalue weighted by Gasteiger charge is 2.39. The molecule has 1 atom stereocenters. The van der Waals surface area contributed by atoms with Crippen molar-refractivity contribution < 1.29 is 27.9 Å². The highest BCUT2D eigenvalue weighted by atomic mass is 32.2. The highest BCUT2D eigenvalue weighted by molar-refractivity contribution is 7.89. The van der Waals surface area contributed by atoms with E-state index in [9.17, 15) is 27.9 Å². The summed E-state index contributed by atoms with van der Waals surface area (Å²) >= 11 is 1.29. The summed E-state index contributed by atoms with van der Waals surface area (Å²) in [6.07, 6.45) is 7.49. The van der Waals surface area contributed by atoms with Crippen LogP contribution in [-0.2, 0) is 19.6 Å². The topological polar surface area (TPSA) is 137 Å². The molecule has 1 saturated carbocycles. The Labute approximate surface area is 208 Å². The predicted octanol–water partition coefficient (Wildman–Crippen LogP) is 2.65. The van der Waals surface area contributed by atoms with Crippen LogP contribution in [0.1, 0.15) is 48.9 Å². The van der Waals surface area contributed by atoms with Crippen molar-refractivity contribution in [3.05, 3.63) is 41.4 Å². The zero-order valence-electron chi connectivity index (χ0n) is 19.1. The molecule has 0 unspecified atom stereocenters. The molecule has 10 nitrogen and oxygen atoms in total. The van der Waals surface area contributed by atoms with Crippen LogP contribution in [0.25, 0.3) is 0 Å². The zero-order chi connectivity index (χ0) is 25.0. The van der Waals surface area contributed by atoms with Gasteiger partial charge in [0.25, 0.3) is 0 Å². The van der Waals surface area contributed by atoms with E-state index in [-0.39, 0.29) is 29.5 Å². The number of nitrogens with one attached hydrogen (secondary N) is 1. The second-order valence-electron chi connectivity index (χ2n) is 8.84. The number of benzene rings is 1. The van der Waals surface area contributed by atoms with Gasteiger partial charge in [-0.3, -0.25) is 9.59 Å². The first-order valence-corrected chi connectivity index (χ1v) is 13.9. The van der Waals surface area contributed by atoms with Crippen LogP contribution in [0.5, 0.6) is 0 Å². The molecule has 1 aromatic heterocycles. The van der Waals surface area contributed by atoms with Crippen molar-refractivity contribution in [3.63, 3.8) is 0 Å². The molecule has 2 aliphatic rings. The molecule has 4 rings (SSSR count). The molecule has 1 aliphatic heterocycles. The maximum Gasteiger partial charge on any atom is 0.335 e. The third-order valence-corrected chi connectivity index (χ3v) is 9.09. The number of carboxylic acids is 1. The quantitative estimate of drug-likeness (QED) is 0.546. The summed E-state index contributed by atoms with van der Waals surface area (Å²) in [6, 6.07) is 4.35. The normalized spacial score (nSPS) is 18.9. The summed E-state index contributed by atoms with van der Waals surface area (Å²) < 4.78 is 27.3. The van der Waals surface area contributed by atoms with E-state index in [1.807, 2.05) is 0 Å². The maximum atomic E-state index is 13.2. The number of thiazole rings is 1. The van der Waals surface area contributed by atoms with Gasteiger partial charge >= 0.3 is 5.97 Å². The number of aromatic nitrogens is 1. The molecule has 1 aromatic carbocycles. The van der Waals surface area contributed by atoms with Crippen molar-refractivity contribution in [2.24, 2.45) is 5.92 Å². The lowest BCUT2D eigenvalue weighted by Crippen LogP contribution is -2.58. The van der Waals surface area contributed by atoms with E-state index in [0.717, 1.165) is 36.1 Å². The Bertz CT molecular complexity index is 1180. The predicted molar refractivity (Wildman–Crippen MR) is 130 cm³/mol. The summed E-state index contributed by atoms with van der Waals surface area (Å²) in [7, 11) is -4.07. The lowest BCUT2D eigenvalue weighted by molar-refractivity contribution is -0.142. The molecule has 1 aliphatic carbocycles. The fourth-order valence-corrected chi connectivity index (χ4v) is 6.69. The molecule has 2 fully saturated rings. The summed E-state index contributed by atoms with van der Waals surface area (Å²) in [4.78, 5) is 43.0. The minimum absolute atomic E-state index is 0.0110. The average molecular weight is 521 g/mol. The molecule has 0 radical (unpaired) electrons. The van der Waals surface area contributed by atoms with Gasteiger partial charge in [0.2, 0.25) is 21.8 Å². The Morgan fingerprint density at radius 3 is 2.63 bits per heavy atom. The molecular weight excluding hydrogens is 492 g/mol. The average Bonchev–Trinajstić information content (AvgIpc) is 3.36. The van der Waals surface area contributed by atoms with Crippen LogP contribution in [0.4, 0.5) is 5.13 Å². The third-order valence-electron chi connectivity index (χ3n) is 6.56. The lowest BCUT2D eigenvalue weighted by atomic mass is 9.84.